The summed E-state index contributed by atoms with van der Waals surface area (Å²) in [6, 6.07) is 11.4. The van der Waals surface area contributed by atoms with Crippen molar-refractivity contribution in [3.05, 3.63) is 59.2 Å². The maximum absolute atomic E-state index is 13.2. The third-order valence-corrected chi connectivity index (χ3v) is 5.79. The lowest BCUT2D eigenvalue weighted by Gasteiger charge is -2.27. The van der Waals surface area contributed by atoms with Gasteiger partial charge in [0.15, 0.2) is 11.5 Å². The molecule has 0 radical (unpaired) electrons. The Morgan fingerprint density at radius 3 is 2.36 bits per heavy atom. The van der Waals surface area contributed by atoms with Gasteiger partial charge < -0.3 is 29.1 Å². The number of amides is 1. The number of methoxy groups -OCH3 is 1. The van der Waals surface area contributed by atoms with Crippen LogP contribution in [0.3, 0.4) is 0 Å². The second kappa shape index (κ2) is 11.9. The van der Waals surface area contributed by atoms with Gasteiger partial charge in [0, 0.05) is 18.7 Å². The van der Waals surface area contributed by atoms with Crippen LogP contribution in [0.25, 0.3) is 5.76 Å². The van der Waals surface area contributed by atoms with E-state index in [0.29, 0.717) is 48.1 Å². The molecule has 2 aromatic carbocycles. The van der Waals surface area contributed by atoms with Crippen molar-refractivity contribution < 1.29 is 28.9 Å². The van der Waals surface area contributed by atoms with Crippen molar-refractivity contribution in [2.24, 2.45) is 0 Å². The Bertz CT molecular complexity index is 1110. The van der Waals surface area contributed by atoms with Gasteiger partial charge >= 0.3 is 0 Å². The quantitative estimate of drug-likeness (QED) is 0.283. The van der Waals surface area contributed by atoms with Gasteiger partial charge in [0.2, 0.25) is 0 Å². The Labute approximate surface area is 213 Å². The predicted octanol–water partition coefficient (Wildman–Crippen LogP) is 4.25. The number of hydrogen-bond donors (Lipinski definition) is 1. The highest BCUT2D eigenvalue weighted by atomic mass is 16.5. The van der Waals surface area contributed by atoms with Crippen LogP contribution in [-0.4, -0.2) is 73.6 Å². The fourth-order valence-electron chi connectivity index (χ4n) is 4.05. The molecular weight excluding hydrogens is 460 g/mol. The summed E-state index contributed by atoms with van der Waals surface area (Å²) in [7, 11) is 5.33. The molecule has 1 unspecified atom stereocenters. The molecule has 1 heterocycles. The summed E-state index contributed by atoms with van der Waals surface area (Å²) in [5.41, 5.74) is 1.12. The molecule has 1 fully saturated rings. The molecule has 2 aromatic rings. The molecule has 1 N–H and O–H groups in total. The molecule has 194 valence electrons. The first-order valence-electron chi connectivity index (χ1n) is 12.2. The first-order valence-corrected chi connectivity index (χ1v) is 12.2. The molecule has 1 saturated heterocycles. The van der Waals surface area contributed by atoms with Crippen molar-refractivity contribution >= 4 is 17.4 Å². The van der Waals surface area contributed by atoms with Crippen LogP contribution in [-0.2, 0) is 9.59 Å². The number of carbonyl (C=O) groups is 2. The topological polar surface area (TPSA) is 88.5 Å². The molecule has 0 aromatic heterocycles. The summed E-state index contributed by atoms with van der Waals surface area (Å²) in [6.07, 6.45) is 0.822. The average molecular weight is 497 g/mol. The van der Waals surface area contributed by atoms with Crippen LogP contribution >= 0.6 is 0 Å². The molecule has 0 bridgehead atoms. The van der Waals surface area contributed by atoms with Gasteiger partial charge in [0.1, 0.15) is 11.5 Å². The average Bonchev–Trinajstić information content (AvgIpc) is 3.10. The van der Waals surface area contributed by atoms with Crippen LogP contribution < -0.4 is 14.2 Å². The van der Waals surface area contributed by atoms with Gasteiger partial charge in [-0.3, -0.25) is 9.59 Å². The molecule has 1 aliphatic rings. The smallest absolute Gasteiger partial charge is 0.295 e. The summed E-state index contributed by atoms with van der Waals surface area (Å²) in [5, 5.41) is 11.3. The minimum absolute atomic E-state index is 0.0422. The summed E-state index contributed by atoms with van der Waals surface area (Å²) in [5.74, 6) is 0.119. The van der Waals surface area contributed by atoms with Crippen LogP contribution in [0.5, 0.6) is 17.2 Å². The predicted molar refractivity (Wildman–Crippen MR) is 139 cm³/mol. The lowest BCUT2D eigenvalue weighted by atomic mass is 9.95. The third-order valence-electron chi connectivity index (χ3n) is 5.79. The van der Waals surface area contributed by atoms with E-state index in [4.69, 9.17) is 14.2 Å². The maximum atomic E-state index is 13.2. The molecule has 3 rings (SSSR count). The fraction of sp³-hybridized carbons (Fsp3) is 0.429. The zero-order valence-corrected chi connectivity index (χ0v) is 21.9. The van der Waals surface area contributed by atoms with Crippen molar-refractivity contribution in [2.45, 2.75) is 39.3 Å². The molecule has 8 heteroatoms. The van der Waals surface area contributed by atoms with Gasteiger partial charge in [0.25, 0.3) is 11.7 Å². The van der Waals surface area contributed by atoms with E-state index in [-0.39, 0.29) is 17.4 Å². The van der Waals surface area contributed by atoms with E-state index in [1.807, 2.05) is 39.8 Å². The Balaban J connectivity index is 2.10. The second-order valence-electron chi connectivity index (χ2n) is 9.25. The number of aliphatic hydroxyl groups is 1. The van der Waals surface area contributed by atoms with Crippen LogP contribution in [0.2, 0.25) is 0 Å². The van der Waals surface area contributed by atoms with Gasteiger partial charge in [-0.15, -0.1) is 0 Å². The van der Waals surface area contributed by atoms with Gasteiger partial charge in [-0.05, 0) is 76.3 Å². The number of benzene rings is 2. The van der Waals surface area contributed by atoms with Crippen molar-refractivity contribution in [1.82, 2.24) is 9.80 Å². The largest absolute Gasteiger partial charge is 0.507 e. The molecule has 0 saturated carbocycles. The Hall–Kier alpha value is -3.52. The second-order valence-corrected chi connectivity index (χ2v) is 9.25. The molecule has 8 nitrogen and oxygen atoms in total. The van der Waals surface area contributed by atoms with E-state index in [1.54, 1.807) is 42.5 Å². The van der Waals surface area contributed by atoms with E-state index >= 15 is 0 Å². The molecule has 1 atom stereocenters. The summed E-state index contributed by atoms with van der Waals surface area (Å²) >= 11 is 0. The van der Waals surface area contributed by atoms with E-state index in [2.05, 4.69) is 0 Å². The lowest BCUT2D eigenvalue weighted by molar-refractivity contribution is -0.140. The fourth-order valence-corrected chi connectivity index (χ4v) is 4.05. The maximum Gasteiger partial charge on any atom is 0.295 e. The molecule has 1 amide bonds. The number of ketones is 1. The Morgan fingerprint density at radius 1 is 1.08 bits per heavy atom. The number of rotatable bonds is 11. The van der Waals surface area contributed by atoms with E-state index in [0.717, 1.165) is 6.42 Å². The third kappa shape index (κ3) is 5.99. The highest BCUT2D eigenvalue weighted by Crippen LogP contribution is 2.42. The number of ether oxygens (including phenoxy) is 3. The van der Waals surface area contributed by atoms with E-state index in [1.165, 1.54) is 12.0 Å². The molecule has 1 aliphatic heterocycles. The molecule has 36 heavy (non-hydrogen) atoms. The van der Waals surface area contributed by atoms with Crippen molar-refractivity contribution in [2.75, 3.05) is 40.9 Å². The number of likely N-dealkylation sites (tertiary alicyclic amines) is 1. The zero-order chi connectivity index (χ0) is 26.4. The minimum Gasteiger partial charge on any atom is -0.507 e. The SMILES string of the molecule is CCCOc1ccc(/C(O)=C2/C(=O)C(=O)N(CCN(C)C)C2c2ccc(OC(C)C)c(OC)c2)cc1. The highest BCUT2D eigenvalue weighted by Gasteiger charge is 2.46. The van der Waals surface area contributed by atoms with Crippen LogP contribution in [0, 0.1) is 0 Å². The van der Waals surface area contributed by atoms with Gasteiger partial charge in [0.05, 0.1) is 31.4 Å². The van der Waals surface area contributed by atoms with Gasteiger partial charge in [-0.25, -0.2) is 0 Å². The Kier molecular flexibility index (Phi) is 8.98. The number of hydrogen-bond acceptors (Lipinski definition) is 7. The Morgan fingerprint density at radius 2 is 1.78 bits per heavy atom. The standard InChI is InChI=1S/C28H36N2O6/c1-7-16-35-21-11-8-19(9-12-21)26(31)24-25(30(15-14-29(4)5)28(33)27(24)32)20-10-13-22(36-18(2)3)23(17-20)34-6/h8-13,17-18,25,31H,7,14-16H2,1-6H3/b26-24-. The molecule has 0 aliphatic carbocycles. The highest BCUT2D eigenvalue weighted by molar-refractivity contribution is 6.46. The van der Waals surface area contributed by atoms with Crippen molar-refractivity contribution in [1.29, 1.82) is 0 Å². The van der Waals surface area contributed by atoms with Crippen molar-refractivity contribution in [3.63, 3.8) is 0 Å². The summed E-state index contributed by atoms with van der Waals surface area (Å²) in [4.78, 5) is 29.8. The van der Waals surface area contributed by atoms with Gasteiger partial charge in [-0.2, -0.15) is 0 Å². The van der Waals surface area contributed by atoms with E-state index < -0.39 is 17.7 Å². The number of carbonyl (C=O) groups excluding carboxylic acids is 2. The number of likely N-dealkylation sites (N-methyl/N-ethyl adjacent to an activating group) is 1. The summed E-state index contributed by atoms with van der Waals surface area (Å²) in [6.45, 7) is 7.31. The molecule has 0 spiro atoms. The first-order chi connectivity index (χ1) is 17.2. The van der Waals surface area contributed by atoms with Crippen molar-refractivity contribution in [3.8, 4) is 17.2 Å². The first kappa shape index (κ1) is 27.1. The molecular formula is C28H36N2O6. The zero-order valence-electron chi connectivity index (χ0n) is 21.9. The number of nitrogens with zero attached hydrogens (tertiary/aromatic N) is 2. The number of Topliss-reactive ketones (excluding diaryl/α,β-unsaturated/α-hetero) is 1. The van der Waals surface area contributed by atoms with Crippen LogP contribution in [0.1, 0.15) is 44.4 Å². The summed E-state index contributed by atoms with van der Waals surface area (Å²) < 4.78 is 17.0. The number of aliphatic hydroxyl groups excluding tert-OH is 1. The van der Waals surface area contributed by atoms with E-state index in [9.17, 15) is 14.7 Å². The van der Waals surface area contributed by atoms with Gasteiger partial charge in [-0.1, -0.05) is 13.0 Å². The minimum atomic E-state index is -0.775. The van der Waals surface area contributed by atoms with Crippen LogP contribution in [0.4, 0.5) is 0 Å². The lowest BCUT2D eigenvalue weighted by Crippen LogP contribution is -2.35. The monoisotopic (exact) mass is 496 g/mol. The normalized spacial score (nSPS) is 17.2. The van der Waals surface area contributed by atoms with Crippen LogP contribution in [0.15, 0.2) is 48.0 Å².